The standard InChI is InChI=1S/C16H22BrN5O2/c1-21-15-13(14(17)20-21)16(19-10-18-15)22-5-2-12(3-6-22)24-9-11-4-7-23-8-11/h10-12H,2-9H2,1H3. The fraction of sp³-hybridized carbons (Fsp3) is 0.688. The zero-order chi connectivity index (χ0) is 16.5. The molecule has 0 aromatic carbocycles. The Kier molecular flexibility index (Phi) is 4.69. The second-order valence-electron chi connectivity index (χ2n) is 6.56. The molecule has 2 aromatic heterocycles. The van der Waals surface area contributed by atoms with Crippen molar-refractivity contribution < 1.29 is 9.47 Å². The third-order valence-electron chi connectivity index (χ3n) is 4.89. The highest BCUT2D eigenvalue weighted by Gasteiger charge is 2.25. The summed E-state index contributed by atoms with van der Waals surface area (Å²) in [6.07, 6.45) is 5.14. The maximum absolute atomic E-state index is 6.10. The molecule has 2 fully saturated rings. The molecule has 0 saturated carbocycles. The summed E-state index contributed by atoms with van der Waals surface area (Å²) in [7, 11) is 1.90. The monoisotopic (exact) mass is 395 g/mol. The van der Waals surface area contributed by atoms with E-state index in [-0.39, 0.29) is 0 Å². The Balaban J connectivity index is 1.41. The fourth-order valence-corrected chi connectivity index (χ4v) is 4.08. The molecule has 130 valence electrons. The Morgan fingerprint density at radius 1 is 1.29 bits per heavy atom. The number of ether oxygens (including phenoxy) is 2. The molecule has 2 aliphatic rings. The topological polar surface area (TPSA) is 65.3 Å². The molecule has 4 heterocycles. The molecule has 7 nitrogen and oxygen atoms in total. The number of halogens is 1. The van der Waals surface area contributed by atoms with Crippen LogP contribution in [0.25, 0.3) is 11.0 Å². The average molecular weight is 396 g/mol. The van der Waals surface area contributed by atoms with Gasteiger partial charge in [0.1, 0.15) is 16.7 Å². The van der Waals surface area contributed by atoms with E-state index in [9.17, 15) is 0 Å². The van der Waals surface area contributed by atoms with Gasteiger partial charge in [-0.3, -0.25) is 0 Å². The number of rotatable bonds is 4. The maximum Gasteiger partial charge on any atom is 0.164 e. The zero-order valence-electron chi connectivity index (χ0n) is 13.8. The third kappa shape index (κ3) is 3.14. The van der Waals surface area contributed by atoms with Crippen LogP contribution in [0.1, 0.15) is 19.3 Å². The fourth-order valence-electron chi connectivity index (χ4n) is 3.49. The minimum Gasteiger partial charge on any atom is -0.381 e. The van der Waals surface area contributed by atoms with Crippen molar-refractivity contribution >= 4 is 32.8 Å². The molecule has 0 bridgehead atoms. The van der Waals surface area contributed by atoms with Crippen molar-refractivity contribution in [1.29, 1.82) is 0 Å². The van der Waals surface area contributed by atoms with Gasteiger partial charge < -0.3 is 14.4 Å². The first kappa shape index (κ1) is 16.2. The summed E-state index contributed by atoms with van der Waals surface area (Å²) in [5.41, 5.74) is 0.853. The van der Waals surface area contributed by atoms with Crippen molar-refractivity contribution in [1.82, 2.24) is 19.7 Å². The number of hydrogen-bond donors (Lipinski definition) is 0. The highest BCUT2D eigenvalue weighted by atomic mass is 79.9. The number of fused-ring (bicyclic) bond motifs is 1. The first-order valence-corrected chi connectivity index (χ1v) is 9.29. The van der Waals surface area contributed by atoms with Gasteiger partial charge in [-0.2, -0.15) is 5.10 Å². The molecule has 1 atom stereocenters. The molecule has 0 amide bonds. The molecule has 8 heteroatoms. The number of piperidine rings is 1. The summed E-state index contributed by atoms with van der Waals surface area (Å²) in [6, 6.07) is 0. The number of nitrogens with zero attached hydrogens (tertiary/aromatic N) is 5. The van der Waals surface area contributed by atoms with Crippen molar-refractivity contribution in [3.8, 4) is 0 Å². The van der Waals surface area contributed by atoms with Gasteiger partial charge in [0.25, 0.3) is 0 Å². The van der Waals surface area contributed by atoms with Crippen molar-refractivity contribution in [3.05, 3.63) is 10.9 Å². The van der Waals surface area contributed by atoms with Gasteiger partial charge in [-0.05, 0) is 35.2 Å². The molecule has 0 spiro atoms. The first-order chi connectivity index (χ1) is 11.7. The van der Waals surface area contributed by atoms with Crippen LogP contribution < -0.4 is 4.90 Å². The van der Waals surface area contributed by atoms with E-state index in [2.05, 4.69) is 35.9 Å². The van der Waals surface area contributed by atoms with Gasteiger partial charge >= 0.3 is 0 Å². The van der Waals surface area contributed by atoms with Gasteiger partial charge in [0.05, 0.1) is 24.7 Å². The SMILES string of the molecule is Cn1nc(Br)c2c(N3CCC(OCC4CCOC4)CC3)ncnc21. The van der Waals surface area contributed by atoms with Crippen LogP contribution in [0.3, 0.4) is 0 Å². The quantitative estimate of drug-likeness (QED) is 0.789. The smallest absolute Gasteiger partial charge is 0.164 e. The van der Waals surface area contributed by atoms with E-state index in [0.29, 0.717) is 12.0 Å². The summed E-state index contributed by atoms with van der Waals surface area (Å²) < 4.78 is 14.1. The summed E-state index contributed by atoms with van der Waals surface area (Å²) in [5.74, 6) is 1.54. The van der Waals surface area contributed by atoms with E-state index in [1.54, 1.807) is 11.0 Å². The Morgan fingerprint density at radius 3 is 2.88 bits per heavy atom. The molecule has 24 heavy (non-hydrogen) atoms. The first-order valence-electron chi connectivity index (χ1n) is 8.50. The highest BCUT2D eigenvalue weighted by Crippen LogP contribution is 2.31. The van der Waals surface area contributed by atoms with Crippen molar-refractivity contribution in [2.75, 3.05) is 37.8 Å². The largest absolute Gasteiger partial charge is 0.381 e. The molecular formula is C16H22BrN5O2. The minimum atomic E-state index is 0.344. The molecule has 2 aliphatic heterocycles. The van der Waals surface area contributed by atoms with Gasteiger partial charge in [0, 0.05) is 32.7 Å². The van der Waals surface area contributed by atoms with Crippen molar-refractivity contribution in [3.63, 3.8) is 0 Å². The summed E-state index contributed by atoms with van der Waals surface area (Å²) in [4.78, 5) is 11.2. The summed E-state index contributed by atoms with van der Waals surface area (Å²) in [6.45, 7) is 4.46. The molecular weight excluding hydrogens is 374 g/mol. The molecule has 2 saturated heterocycles. The van der Waals surface area contributed by atoms with Gasteiger partial charge in [-0.15, -0.1) is 0 Å². The van der Waals surface area contributed by atoms with Crippen LogP contribution >= 0.6 is 15.9 Å². The molecule has 1 unspecified atom stereocenters. The van der Waals surface area contributed by atoms with Crippen LogP contribution in [0.5, 0.6) is 0 Å². The predicted octanol–water partition coefficient (Wildman–Crippen LogP) is 2.15. The van der Waals surface area contributed by atoms with E-state index < -0.39 is 0 Å². The molecule has 0 aliphatic carbocycles. The Morgan fingerprint density at radius 2 is 2.12 bits per heavy atom. The second-order valence-corrected chi connectivity index (χ2v) is 7.31. The summed E-state index contributed by atoms with van der Waals surface area (Å²) in [5, 5.41) is 5.39. The van der Waals surface area contributed by atoms with Crippen LogP contribution in [0, 0.1) is 5.92 Å². The van der Waals surface area contributed by atoms with Crippen LogP contribution in [0.2, 0.25) is 0 Å². The van der Waals surface area contributed by atoms with Gasteiger partial charge in [-0.25, -0.2) is 14.6 Å². The summed E-state index contributed by atoms with van der Waals surface area (Å²) >= 11 is 3.53. The zero-order valence-corrected chi connectivity index (χ0v) is 15.4. The minimum absolute atomic E-state index is 0.344. The van der Waals surface area contributed by atoms with Crippen LogP contribution in [-0.4, -0.2) is 58.8 Å². The van der Waals surface area contributed by atoms with Gasteiger partial charge in [-0.1, -0.05) is 0 Å². The highest BCUT2D eigenvalue weighted by molar-refractivity contribution is 9.10. The molecule has 2 aromatic rings. The second kappa shape index (κ2) is 6.93. The lowest BCUT2D eigenvalue weighted by Crippen LogP contribution is -2.38. The molecule has 4 rings (SSSR count). The number of anilines is 1. The Bertz CT molecular complexity index is 708. The van der Waals surface area contributed by atoms with E-state index in [1.165, 1.54) is 0 Å². The van der Waals surface area contributed by atoms with E-state index >= 15 is 0 Å². The van der Waals surface area contributed by atoms with Crippen LogP contribution in [0.15, 0.2) is 10.9 Å². The van der Waals surface area contributed by atoms with E-state index in [1.807, 2.05) is 7.05 Å². The maximum atomic E-state index is 6.10. The van der Waals surface area contributed by atoms with Crippen molar-refractivity contribution in [2.24, 2.45) is 13.0 Å². The average Bonchev–Trinajstić information content (AvgIpc) is 3.22. The van der Waals surface area contributed by atoms with E-state index in [0.717, 1.165) is 73.6 Å². The van der Waals surface area contributed by atoms with Gasteiger partial charge in [0.15, 0.2) is 5.65 Å². The molecule has 0 N–H and O–H groups in total. The normalized spacial score (nSPS) is 22.6. The van der Waals surface area contributed by atoms with Crippen LogP contribution in [-0.2, 0) is 16.5 Å². The van der Waals surface area contributed by atoms with Gasteiger partial charge in [0.2, 0.25) is 0 Å². The third-order valence-corrected chi connectivity index (χ3v) is 5.45. The lowest BCUT2D eigenvalue weighted by Gasteiger charge is -2.33. The van der Waals surface area contributed by atoms with Crippen molar-refractivity contribution in [2.45, 2.75) is 25.4 Å². The number of aromatic nitrogens is 4. The van der Waals surface area contributed by atoms with Crippen LogP contribution in [0.4, 0.5) is 5.82 Å². The lowest BCUT2D eigenvalue weighted by molar-refractivity contribution is 0.0131. The number of aryl methyl sites for hydroxylation is 1. The Hall–Kier alpha value is -1.25. The Labute approximate surface area is 149 Å². The van der Waals surface area contributed by atoms with E-state index in [4.69, 9.17) is 9.47 Å². The molecule has 0 radical (unpaired) electrons. The predicted molar refractivity (Wildman–Crippen MR) is 94.1 cm³/mol. The number of hydrogen-bond acceptors (Lipinski definition) is 6. The lowest BCUT2D eigenvalue weighted by atomic mass is 10.1.